The summed E-state index contributed by atoms with van der Waals surface area (Å²) in [7, 11) is 0. The first-order valence-electron chi connectivity index (χ1n) is 8.65. The summed E-state index contributed by atoms with van der Waals surface area (Å²) in [6.45, 7) is 6.17. The largest absolute Gasteiger partial charge is 0.381 e. The van der Waals surface area contributed by atoms with Gasteiger partial charge in [-0.3, -0.25) is 0 Å². The van der Waals surface area contributed by atoms with Crippen LogP contribution in [0.1, 0.15) is 67.8 Å². The van der Waals surface area contributed by atoms with E-state index in [4.69, 9.17) is 9.26 Å². The Morgan fingerprint density at radius 2 is 1.91 bits per heavy atom. The van der Waals surface area contributed by atoms with Crippen LogP contribution in [0.3, 0.4) is 0 Å². The fraction of sp³-hybridized carbons (Fsp3) is 0.579. The highest BCUT2D eigenvalue weighted by atomic mass is 16.5. The smallest absolute Gasteiger partial charge is 0.230 e. The number of aromatic nitrogens is 2. The van der Waals surface area contributed by atoms with Gasteiger partial charge in [0, 0.05) is 25.6 Å². The van der Waals surface area contributed by atoms with Gasteiger partial charge in [0.1, 0.15) is 0 Å². The predicted molar refractivity (Wildman–Crippen MR) is 87.5 cm³/mol. The molecule has 23 heavy (non-hydrogen) atoms. The van der Waals surface area contributed by atoms with E-state index in [0.717, 1.165) is 44.2 Å². The van der Waals surface area contributed by atoms with Crippen molar-refractivity contribution in [2.45, 2.75) is 51.4 Å². The summed E-state index contributed by atoms with van der Waals surface area (Å²) < 4.78 is 11.0. The fourth-order valence-electron chi connectivity index (χ4n) is 3.71. The average Bonchev–Trinajstić information content (AvgIpc) is 3.04. The molecule has 2 aromatic rings. The Morgan fingerprint density at radius 3 is 2.61 bits per heavy atom. The molecule has 1 atom stereocenters. The second-order valence-corrected chi connectivity index (χ2v) is 7.35. The third-order valence-electron chi connectivity index (χ3n) is 5.47. The topological polar surface area (TPSA) is 48.2 Å². The number of ether oxygens (including phenoxy) is 1. The van der Waals surface area contributed by atoms with E-state index in [0.29, 0.717) is 17.3 Å². The average molecular weight is 312 g/mol. The molecule has 122 valence electrons. The number of hydrogen-bond acceptors (Lipinski definition) is 4. The molecule has 0 amide bonds. The van der Waals surface area contributed by atoms with Crippen molar-refractivity contribution in [3.05, 3.63) is 47.1 Å². The zero-order chi connectivity index (χ0) is 15.9. The van der Waals surface area contributed by atoms with Crippen LogP contribution in [0.15, 0.2) is 28.8 Å². The Bertz CT molecular complexity index is 669. The molecule has 1 spiro atoms. The van der Waals surface area contributed by atoms with Crippen LogP contribution in [0, 0.1) is 5.41 Å². The maximum atomic E-state index is 5.55. The van der Waals surface area contributed by atoms with E-state index in [2.05, 4.69) is 48.3 Å². The molecule has 1 saturated heterocycles. The van der Waals surface area contributed by atoms with Gasteiger partial charge in [-0.25, -0.2) is 0 Å². The lowest BCUT2D eigenvalue weighted by Gasteiger charge is -2.21. The molecule has 2 fully saturated rings. The molecule has 0 bridgehead atoms. The summed E-state index contributed by atoms with van der Waals surface area (Å²) in [4.78, 5) is 4.66. The monoisotopic (exact) mass is 312 g/mol. The molecule has 1 aliphatic heterocycles. The summed E-state index contributed by atoms with van der Waals surface area (Å²) in [6.07, 6.45) is 4.18. The Kier molecular flexibility index (Phi) is 3.72. The molecule has 1 unspecified atom stereocenters. The van der Waals surface area contributed by atoms with Gasteiger partial charge in [-0.05, 0) is 41.7 Å². The van der Waals surface area contributed by atoms with Gasteiger partial charge in [0.25, 0.3) is 0 Å². The zero-order valence-electron chi connectivity index (χ0n) is 13.9. The first kappa shape index (κ1) is 14.9. The Morgan fingerprint density at radius 1 is 1.17 bits per heavy atom. The van der Waals surface area contributed by atoms with Gasteiger partial charge < -0.3 is 9.26 Å². The molecule has 1 aromatic carbocycles. The lowest BCUT2D eigenvalue weighted by Crippen LogP contribution is -2.18. The van der Waals surface area contributed by atoms with Gasteiger partial charge in [-0.2, -0.15) is 4.98 Å². The molecule has 1 aliphatic carbocycles. The van der Waals surface area contributed by atoms with Crippen LogP contribution >= 0.6 is 0 Å². The number of benzene rings is 1. The third kappa shape index (κ3) is 2.92. The van der Waals surface area contributed by atoms with Gasteiger partial charge >= 0.3 is 0 Å². The van der Waals surface area contributed by atoms with Crippen molar-refractivity contribution in [3.8, 4) is 0 Å². The maximum absolute atomic E-state index is 5.55. The molecule has 0 N–H and O–H groups in total. The first-order chi connectivity index (χ1) is 11.2. The van der Waals surface area contributed by atoms with E-state index in [1.165, 1.54) is 17.5 Å². The molecular weight excluding hydrogens is 288 g/mol. The van der Waals surface area contributed by atoms with Gasteiger partial charge in [0.15, 0.2) is 5.82 Å². The van der Waals surface area contributed by atoms with Crippen LogP contribution < -0.4 is 0 Å². The minimum Gasteiger partial charge on any atom is -0.381 e. The lowest BCUT2D eigenvalue weighted by molar-refractivity contribution is 0.0544. The van der Waals surface area contributed by atoms with Crippen LogP contribution in [0.4, 0.5) is 0 Å². The lowest BCUT2D eigenvalue weighted by atomic mass is 9.94. The predicted octanol–water partition coefficient (Wildman–Crippen LogP) is 4.07. The minimum atomic E-state index is 0.390. The van der Waals surface area contributed by atoms with Crippen molar-refractivity contribution >= 4 is 0 Å². The second-order valence-electron chi connectivity index (χ2n) is 7.35. The van der Waals surface area contributed by atoms with E-state index in [1.54, 1.807) is 0 Å². The summed E-state index contributed by atoms with van der Waals surface area (Å²) in [5.41, 5.74) is 2.99. The molecule has 4 heteroatoms. The van der Waals surface area contributed by atoms with Crippen LogP contribution in [0.25, 0.3) is 0 Å². The van der Waals surface area contributed by atoms with E-state index in [9.17, 15) is 0 Å². The van der Waals surface area contributed by atoms with Crippen LogP contribution in [0.2, 0.25) is 0 Å². The second kappa shape index (κ2) is 5.75. The van der Waals surface area contributed by atoms with Crippen molar-refractivity contribution in [1.82, 2.24) is 10.1 Å². The van der Waals surface area contributed by atoms with Crippen molar-refractivity contribution in [1.29, 1.82) is 0 Å². The van der Waals surface area contributed by atoms with Gasteiger partial charge in [0.05, 0.1) is 0 Å². The molecular formula is C19H24N2O2. The van der Waals surface area contributed by atoms with Crippen LogP contribution in [0.5, 0.6) is 0 Å². The molecule has 4 rings (SSSR count). The number of hydrogen-bond donors (Lipinski definition) is 0. The van der Waals surface area contributed by atoms with Gasteiger partial charge in [-0.15, -0.1) is 0 Å². The highest BCUT2D eigenvalue weighted by molar-refractivity contribution is 5.27. The molecule has 2 aliphatic rings. The van der Waals surface area contributed by atoms with E-state index < -0.39 is 0 Å². The molecule has 4 nitrogen and oxygen atoms in total. The molecule has 1 aromatic heterocycles. The maximum Gasteiger partial charge on any atom is 0.230 e. The zero-order valence-corrected chi connectivity index (χ0v) is 13.9. The molecule has 0 radical (unpaired) electrons. The van der Waals surface area contributed by atoms with Crippen molar-refractivity contribution in [2.24, 2.45) is 5.41 Å². The normalized spacial score (nSPS) is 22.7. The Balaban J connectivity index is 1.42. The van der Waals surface area contributed by atoms with E-state index >= 15 is 0 Å². The van der Waals surface area contributed by atoms with E-state index in [-0.39, 0.29) is 0 Å². The highest BCUT2D eigenvalue weighted by Crippen LogP contribution is 2.64. The molecule has 1 saturated carbocycles. The quantitative estimate of drug-likeness (QED) is 0.854. The molecule has 2 heterocycles. The van der Waals surface area contributed by atoms with Gasteiger partial charge in [-0.1, -0.05) is 43.3 Å². The van der Waals surface area contributed by atoms with Crippen LogP contribution in [-0.2, 0) is 11.2 Å². The first-order valence-corrected chi connectivity index (χ1v) is 8.65. The summed E-state index contributed by atoms with van der Waals surface area (Å²) in [6, 6.07) is 8.72. The standard InChI is InChI=1S/C19H24N2O2/c1-13(2)15-5-3-14(4-6-15)11-17-20-18(23-21-17)16-12-19(16)7-9-22-10-8-19/h3-6,13,16H,7-12H2,1-2H3. The van der Waals surface area contributed by atoms with E-state index in [1.807, 2.05) is 0 Å². The summed E-state index contributed by atoms with van der Waals surface area (Å²) >= 11 is 0. The fourth-order valence-corrected chi connectivity index (χ4v) is 3.71. The summed E-state index contributed by atoms with van der Waals surface area (Å²) in [5.74, 6) is 2.65. The summed E-state index contributed by atoms with van der Waals surface area (Å²) in [5, 5.41) is 4.19. The SMILES string of the molecule is CC(C)c1ccc(Cc2noc(C3CC34CCOCC4)n2)cc1. The Hall–Kier alpha value is -1.68. The highest BCUT2D eigenvalue weighted by Gasteiger charge is 2.57. The van der Waals surface area contributed by atoms with Crippen LogP contribution in [-0.4, -0.2) is 23.4 Å². The number of nitrogens with zero attached hydrogens (tertiary/aromatic N) is 2. The van der Waals surface area contributed by atoms with Crippen molar-refractivity contribution in [3.63, 3.8) is 0 Å². The number of rotatable bonds is 4. The van der Waals surface area contributed by atoms with Crippen molar-refractivity contribution < 1.29 is 9.26 Å². The minimum absolute atomic E-state index is 0.390. The third-order valence-corrected chi connectivity index (χ3v) is 5.47. The van der Waals surface area contributed by atoms with Crippen molar-refractivity contribution in [2.75, 3.05) is 13.2 Å². The van der Waals surface area contributed by atoms with Gasteiger partial charge in [0.2, 0.25) is 5.89 Å². The Labute approximate surface area is 137 Å².